The summed E-state index contributed by atoms with van der Waals surface area (Å²) in [6.07, 6.45) is 6.49. The smallest absolute Gasteiger partial charge is 0.255 e. The second-order valence-corrected chi connectivity index (χ2v) is 6.57. The number of carbonyl (C=O) groups excluding carboxylic acids is 2. The molecule has 0 radical (unpaired) electrons. The van der Waals surface area contributed by atoms with E-state index in [1.807, 2.05) is 13.1 Å². The van der Waals surface area contributed by atoms with Crippen molar-refractivity contribution in [2.75, 3.05) is 24.3 Å². The molecule has 6 nitrogen and oxygen atoms in total. The van der Waals surface area contributed by atoms with Gasteiger partial charge in [-0.3, -0.25) is 9.59 Å². The summed E-state index contributed by atoms with van der Waals surface area (Å²) < 4.78 is 0. The molecule has 136 valence electrons. The highest BCUT2D eigenvalue weighted by Crippen LogP contribution is 2.26. The van der Waals surface area contributed by atoms with E-state index in [2.05, 4.69) is 20.5 Å². The van der Waals surface area contributed by atoms with Crippen LogP contribution in [0.4, 0.5) is 11.5 Å². The molecular weight excluding hydrogens is 328 g/mol. The number of rotatable bonds is 5. The van der Waals surface area contributed by atoms with Crippen molar-refractivity contribution < 1.29 is 9.59 Å². The van der Waals surface area contributed by atoms with E-state index >= 15 is 0 Å². The molecule has 0 unspecified atom stereocenters. The van der Waals surface area contributed by atoms with Gasteiger partial charge in [-0.15, -0.1) is 0 Å². The van der Waals surface area contributed by atoms with Crippen molar-refractivity contribution in [1.82, 2.24) is 10.3 Å². The second kappa shape index (κ2) is 7.99. The lowest BCUT2D eigenvalue weighted by molar-refractivity contribution is 0.0961. The van der Waals surface area contributed by atoms with E-state index in [4.69, 9.17) is 0 Å². The molecule has 0 spiro atoms. The normalized spacial score (nSPS) is 14.1. The van der Waals surface area contributed by atoms with Crippen molar-refractivity contribution in [2.24, 2.45) is 0 Å². The van der Waals surface area contributed by atoms with Crippen molar-refractivity contribution >= 4 is 23.3 Å². The van der Waals surface area contributed by atoms with E-state index in [1.165, 1.54) is 25.7 Å². The van der Waals surface area contributed by atoms with E-state index in [0.29, 0.717) is 22.9 Å². The third-order valence-electron chi connectivity index (χ3n) is 4.85. The van der Waals surface area contributed by atoms with Crippen molar-refractivity contribution in [1.29, 1.82) is 0 Å². The third-order valence-corrected chi connectivity index (χ3v) is 4.85. The first kappa shape index (κ1) is 17.9. The van der Waals surface area contributed by atoms with Gasteiger partial charge in [-0.2, -0.15) is 0 Å². The van der Waals surface area contributed by atoms with Crippen molar-refractivity contribution in [3.05, 3.63) is 53.7 Å². The molecule has 0 aliphatic heterocycles. The minimum absolute atomic E-state index is 0.189. The van der Waals surface area contributed by atoms with Crippen LogP contribution in [0.3, 0.4) is 0 Å². The summed E-state index contributed by atoms with van der Waals surface area (Å²) in [5, 5.41) is 5.42. The van der Waals surface area contributed by atoms with Gasteiger partial charge >= 0.3 is 0 Å². The van der Waals surface area contributed by atoms with E-state index < -0.39 is 0 Å². The molecule has 0 bridgehead atoms. The van der Waals surface area contributed by atoms with Crippen LogP contribution in [0.5, 0.6) is 0 Å². The predicted molar refractivity (Wildman–Crippen MR) is 103 cm³/mol. The van der Waals surface area contributed by atoms with E-state index in [9.17, 15) is 9.59 Å². The summed E-state index contributed by atoms with van der Waals surface area (Å²) in [4.78, 5) is 30.9. The Hall–Kier alpha value is -2.89. The van der Waals surface area contributed by atoms with Gasteiger partial charge in [0.05, 0.1) is 0 Å². The fourth-order valence-corrected chi connectivity index (χ4v) is 3.32. The predicted octanol–water partition coefficient (Wildman–Crippen LogP) is 3.07. The molecule has 1 saturated carbocycles. The molecule has 2 amide bonds. The van der Waals surface area contributed by atoms with Crippen molar-refractivity contribution in [3.8, 4) is 0 Å². The molecule has 1 aliphatic carbocycles. The van der Waals surface area contributed by atoms with Gasteiger partial charge in [0.1, 0.15) is 5.82 Å². The molecule has 1 fully saturated rings. The molecule has 6 heteroatoms. The quantitative estimate of drug-likeness (QED) is 0.867. The average Bonchev–Trinajstić information content (AvgIpc) is 3.22. The van der Waals surface area contributed by atoms with Gasteiger partial charge < -0.3 is 15.5 Å². The first-order valence-electron chi connectivity index (χ1n) is 8.91. The zero-order valence-corrected chi connectivity index (χ0v) is 15.2. The molecule has 26 heavy (non-hydrogen) atoms. The number of pyridine rings is 1. The lowest BCUT2D eigenvalue weighted by Crippen LogP contribution is -2.29. The molecule has 2 N–H and O–H groups in total. The van der Waals surface area contributed by atoms with Gasteiger partial charge in [0.25, 0.3) is 11.8 Å². The van der Waals surface area contributed by atoms with E-state index in [-0.39, 0.29) is 11.8 Å². The Bertz CT molecular complexity index is 800. The fourth-order valence-electron chi connectivity index (χ4n) is 3.32. The number of aromatic nitrogens is 1. The Morgan fingerprint density at radius 1 is 1.08 bits per heavy atom. The number of benzene rings is 1. The SMILES string of the molecule is CNC(=O)c1cccc(NC(=O)c2ccnc(N(C)C3CCCC3)c2)c1. The van der Waals surface area contributed by atoms with Crippen LogP contribution in [-0.4, -0.2) is 36.9 Å². The number of nitrogens with zero attached hydrogens (tertiary/aromatic N) is 2. The zero-order valence-electron chi connectivity index (χ0n) is 15.2. The Labute approximate surface area is 153 Å². The number of nitrogens with one attached hydrogen (secondary N) is 2. The summed E-state index contributed by atoms with van der Waals surface area (Å²) in [6.45, 7) is 0. The summed E-state index contributed by atoms with van der Waals surface area (Å²) >= 11 is 0. The maximum absolute atomic E-state index is 12.6. The molecule has 1 aliphatic rings. The van der Waals surface area contributed by atoms with Gasteiger partial charge in [-0.25, -0.2) is 4.98 Å². The van der Waals surface area contributed by atoms with Crippen LogP contribution in [0.1, 0.15) is 46.4 Å². The number of amides is 2. The monoisotopic (exact) mass is 352 g/mol. The molecule has 3 rings (SSSR count). The number of hydrogen-bond acceptors (Lipinski definition) is 4. The van der Waals surface area contributed by atoms with Crippen LogP contribution in [0, 0.1) is 0 Å². The summed E-state index contributed by atoms with van der Waals surface area (Å²) in [6, 6.07) is 10.9. The first-order chi connectivity index (χ1) is 12.6. The van der Waals surface area contributed by atoms with Crippen LogP contribution in [0.2, 0.25) is 0 Å². The standard InChI is InChI=1S/C20H24N4O2/c1-21-19(25)14-6-5-7-16(12-14)23-20(26)15-10-11-22-18(13-15)24(2)17-8-3-4-9-17/h5-7,10-13,17H,3-4,8-9H2,1-2H3,(H,21,25)(H,23,26). The zero-order chi connectivity index (χ0) is 18.5. The van der Waals surface area contributed by atoms with Gasteiger partial charge in [0.2, 0.25) is 0 Å². The third kappa shape index (κ3) is 4.02. The Morgan fingerprint density at radius 3 is 2.54 bits per heavy atom. The van der Waals surface area contributed by atoms with Gasteiger partial charge in [0, 0.05) is 43.1 Å². The van der Waals surface area contributed by atoms with Crippen LogP contribution in [0.15, 0.2) is 42.6 Å². The summed E-state index contributed by atoms with van der Waals surface area (Å²) in [5.74, 6) is 0.400. The molecule has 1 heterocycles. The topological polar surface area (TPSA) is 74.3 Å². The Kier molecular flexibility index (Phi) is 5.51. The molecular formula is C20H24N4O2. The minimum atomic E-state index is -0.220. The van der Waals surface area contributed by atoms with Crippen LogP contribution < -0.4 is 15.5 Å². The lowest BCUT2D eigenvalue weighted by Gasteiger charge is -2.25. The average molecular weight is 352 g/mol. The summed E-state index contributed by atoms with van der Waals surface area (Å²) in [7, 11) is 3.61. The molecule has 0 atom stereocenters. The van der Waals surface area contributed by atoms with Crippen molar-refractivity contribution in [2.45, 2.75) is 31.7 Å². The number of carbonyl (C=O) groups is 2. The maximum Gasteiger partial charge on any atom is 0.255 e. The van der Waals surface area contributed by atoms with E-state index in [0.717, 1.165) is 5.82 Å². The Balaban J connectivity index is 1.74. The molecule has 1 aromatic heterocycles. The highest BCUT2D eigenvalue weighted by molar-refractivity contribution is 6.05. The molecule has 0 saturated heterocycles. The van der Waals surface area contributed by atoms with Crippen LogP contribution in [-0.2, 0) is 0 Å². The number of hydrogen-bond donors (Lipinski definition) is 2. The first-order valence-corrected chi connectivity index (χ1v) is 8.91. The minimum Gasteiger partial charge on any atom is -0.357 e. The highest BCUT2D eigenvalue weighted by atomic mass is 16.2. The maximum atomic E-state index is 12.6. The molecule has 1 aromatic carbocycles. The number of anilines is 2. The fraction of sp³-hybridized carbons (Fsp3) is 0.350. The lowest BCUT2D eigenvalue weighted by atomic mass is 10.1. The Morgan fingerprint density at radius 2 is 1.81 bits per heavy atom. The highest BCUT2D eigenvalue weighted by Gasteiger charge is 2.21. The van der Waals surface area contributed by atoms with E-state index in [1.54, 1.807) is 43.6 Å². The van der Waals surface area contributed by atoms with Gasteiger partial charge in [0.15, 0.2) is 0 Å². The van der Waals surface area contributed by atoms with Crippen LogP contribution >= 0.6 is 0 Å². The second-order valence-electron chi connectivity index (χ2n) is 6.57. The largest absolute Gasteiger partial charge is 0.357 e. The van der Waals surface area contributed by atoms with Crippen molar-refractivity contribution in [3.63, 3.8) is 0 Å². The summed E-state index contributed by atoms with van der Waals surface area (Å²) in [5.41, 5.74) is 1.63. The van der Waals surface area contributed by atoms with Gasteiger partial charge in [-0.05, 0) is 43.2 Å². The van der Waals surface area contributed by atoms with Crippen LogP contribution in [0.25, 0.3) is 0 Å². The molecule has 2 aromatic rings. The van der Waals surface area contributed by atoms with Gasteiger partial charge in [-0.1, -0.05) is 18.9 Å².